The van der Waals surface area contributed by atoms with Crippen LogP contribution in [0.25, 0.3) is 0 Å². The van der Waals surface area contributed by atoms with Crippen LogP contribution in [0.5, 0.6) is 0 Å². The van der Waals surface area contributed by atoms with Crippen LogP contribution in [0.3, 0.4) is 0 Å². The minimum absolute atomic E-state index is 0.0797. The van der Waals surface area contributed by atoms with E-state index in [9.17, 15) is 19.2 Å². The van der Waals surface area contributed by atoms with Gasteiger partial charge < -0.3 is 25.5 Å². The molecule has 3 rings (SSSR count). The number of thiazole rings is 1. The number of esters is 1. The molecule has 2 aliphatic rings. The number of hydroxylamine groups is 2. The highest BCUT2D eigenvalue weighted by Crippen LogP contribution is 2.18. The maximum atomic E-state index is 12.5. The number of ether oxygens (including phenoxy) is 1. The number of carbonyl (C=O) groups excluding carboxylic acids is 4. The predicted molar refractivity (Wildman–Crippen MR) is 94.6 cm³/mol. The maximum absolute atomic E-state index is 12.5. The zero-order chi connectivity index (χ0) is 21.0. The number of amides is 2. The average Bonchev–Trinajstić information content (AvgIpc) is 3.39. The minimum atomic E-state index is -1.15. The van der Waals surface area contributed by atoms with E-state index in [1.807, 2.05) is 0 Å². The molecule has 0 bridgehead atoms. The van der Waals surface area contributed by atoms with Crippen molar-refractivity contribution in [3.63, 3.8) is 0 Å². The van der Waals surface area contributed by atoms with Gasteiger partial charge in [-0.05, 0) is 12.2 Å². The van der Waals surface area contributed by atoms with Crippen LogP contribution >= 0.6 is 11.3 Å². The standard InChI is InChI=1S/C15H17N5O8S/c1-2-25-19-11(8-6-29-15(16)18-8)12(22)17-7-5-26-20(13(7)23)28-14(24)9-3-4-10(21)27-9/h6-7,9H,2-5H2,1H3,(H2,16,18)(H,17,22)/t7-,9?/m0/s1. The zero-order valence-electron chi connectivity index (χ0n) is 15.2. The number of nitrogens with two attached hydrogens (primary N) is 1. The fourth-order valence-electron chi connectivity index (χ4n) is 2.37. The van der Waals surface area contributed by atoms with Crippen molar-refractivity contribution in [2.45, 2.75) is 31.9 Å². The summed E-state index contributed by atoms with van der Waals surface area (Å²) in [5.41, 5.74) is 5.57. The Morgan fingerprint density at radius 3 is 2.90 bits per heavy atom. The molecule has 1 unspecified atom stereocenters. The number of nitrogen functional groups attached to an aromatic ring is 1. The van der Waals surface area contributed by atoms with Crippen molar-refractivity contribution < 1.29 is 38.4 Å². The van der Waals surface area contributed by atoms with E-state index in [0.29, 0.717) is 5.23 Å². The summed E-state index contributed by atoms with van der Waals surface area (Å²) in [6.45, 7) is 1.59. The zero-order valence-corrected chi connectivity index (χ0v) is 16.0. The highest BCUT2D eigenvalue weighted by molar-refractivity contribution is 7.13. The number of oxime groups is 1. The molecule has 29 heavy (non-hydrogen) atoms. The molecule has 2 aliphatic heterocycles. The number of carbonyl (C=O) groups is 4. The van der Waals surface area contributed by atoms with Crippen molar-refractivity contribution in [3.05, 3.63) is 11.1 Å². The fraction of sp³-hybridized carbons (Fsp3) is 0.467. The topological polar surface area (TPSA) is 172 Å². The lowest BCUT2D eigenvalue weighted by atomic mass is 10.2. The van der Waals surface area contributed by atoms with Crippen molar-refractivity contribution in [3.8, 4) is 0 Å². The second-order valence-electron chi connectivity index (χ2n) is 5.77. The van der Waals surface area contributed by atoms with Gasteiger partial charge in [-0.3, -0.25) is 14.4 Å². The van der Waals surface area contributed by atoms with E-state index in [4.69, 9.17) is 25.0 Å². The smallest absolute Gasteiger partial charge is 0.375 e. The van der Waals surface area contributed by atoms with Gasteiger partial charge in [-0.15, -0.1) is 11.3 Å². The molecule has 3 N–H and O–H groups in total. The molecule has 3 heterocycles. The van der Waals surface area contributed by atoms with Crippen LogP contribution in [-0.4, -0.2) is 65.0 Å². The van der Waals surface area contributed by atoms with Gasteiger partial charge in [0.05, 0.1) is 0 Å². The molecule has 0 aromatic carbocycles. The normalized spacial score (nSPS) is 21.8. The molecule has 0 radical (unpaired) electrons. The molecule has 0 aliphatic carbocycles. The van der Waals surface area contributed by atoms with Gasteiger partial charge in [-0.25, -0.2) is 14.6 Å². The SMILES string of the molecule is CCON=C(C(=O)N[C@H]1CON(OC(=O)C2CCC(=O)O2)C1=O)c1csc(N)n1. The number of hydrogen-bond acceptors (Lipinski definition) is 12. The monoisotopic (exact) mass is 427 g/mol. The van der Waals surface area contributed by atoms with Crippen molar-refractivity contribution in [1.29, 1.82) is 0 Å². The van der Waals surface area contributed by atoms with E-state index in [0.717, 1.165) is 11.3 Å². The van der Waals surface area contributed by atoms with Gasteiger partial charge >= 0.3 is 17.8 Å². The van der Waals surface area contributed by atoms with Gasteiger partial charge in [0, 0.05) is 18.2 Å². The Balaban J connectivity index is 1.60. The van der Waals surface area contributed by atoms with E-state index in [1.54, 1.807) is 6.92 Å². The lowest BCUT2D eigenvalue weighted by Crippen LogP contribution is -2.46. The summed E-state index contributed by atoms with van der Waals surface area (Å²) in [5.74, 6) is -3.07. The van der Waals surface area contributed by atoms with E-state index in [1.165, 1.54) is 5.38 Å². The van der Waals surface area contributed by atoms with Crippen LogP contribution in [0, 0.1) is 0 Å². The molecule has 2 amide bonds. The van der Waals surface area contributed by atoms with Crippen molar-refractivity contribution in [1.82, 2.24) is 15.5 Å². The van der Waals surface area contributed by atoms with Crippen LogP contribution in [0.1, 0.15) is 25.5 Å². The van der Waals surface area contributed by atoms with Gasteiger partial charge in [-0.1, -0.05) is 5.16 Å². The van der Waals surface area contributed by atoms with Gasteiger partial charge in [0.2, 0.25) is 6.10 Å². The third kappa shape index (κ3) is 4.78. The number of aromatic nitrogens is 1. The quantitative estimate of drug-likeness (QED) is 0.309. The highest BCUT2D eigenvalue weighted by Gasteiger charge is 2.41. The molecule has 0 saturated carbocycles. The molecule has 156 valence electrons. The van der Waals surface area contributed by atoms with E-state index in [-0.39, 0.29) is 42.6 Å². The van der Waals surface area contributed by atoms with Crippen LogP contribution < -0.4 is 11.1 Å². The second kappa shape index (κ2) is 8.83. The molecule has 2 saturated heterocycles. The van der Waals surface area contributed by atoms with Crippen LogP contribution in [0.4, 0.5) is 5.13 Å². The van der Waals surface area contributed by atoms with Gasteiger partial charge in [-0.2, -0.15) is 0 Å². The summed E-state index contributed by atoms with van der Waals surface area (Å²) in [4.78, 5) is 66.5. The molecule has 0 spiro atoms. The van der Waals surface area contributed by atoms with E-state index < -0.39 is 35.9 Å². The van der Waals surface area contributed by atoms with Crippen LogP contribution in [0.15, 0.2) is 10.5 Å². The van der Waals surface area contributed by atoms with Crippen LogP contribution in [-0.2, 0) is 38.4 Å². The van der Waals surface area contributed by atoms with E-state index >= 15 is 0 Å². The first-order valence-corrected chi connectivity index (χ1v) is 9.37. The third-order valence-corrected chi connectivity index (χ3v) is 4.40. The number of nitrogens with zero attached hydrogens (tertiary/aromatic N) is 3. The predicted octanol–water partition coefficient (Wildman–Crippen LogP) is -1.11. The molecule has 2 atom stereocenters. The number of nitrogens with one attached hydrogen (secondary N) is 1. The Kier molecular flexibility index (Phi) is 6.23. The van der Waals surface area contributed by atoms with Gasteiger partial charge in [0.1, 0.15) is 24.9 Å². The Morgan fingerprint density at radius 2 is 2.28 bits per heavy atom. The second-order valence-corrected chi connectivity index (χ2v) is 6.66. The van der Waals surface area contributed by atoms with Crippen molar-refractivity contribution in [2.24, 2.45) is 5.16 Å². The summed E-state index contributed by atoms with van der Waals surface area (Å²) in [6.07, 6.45) is -0.878. The first kappa shape index (κ1) is 20.5. The van der Waals surface area contributed by atoms with Crippen molar-refractivity contribution in [2.75, 3.05) is 18.9 Å². The minimum Gasteiger partial charge on any atom is -0.450 e. The number of anilines is 1. The summed E-state index contributed by atoms with van der Waals surface area (Å²) in [5, 5.41) is 8.20. The maximum Gasteiger partial charge on any atom is 0.375 e. The summed E-state index contributed by atoms with van der Waals surface area (Å²) >= 11 is 1.10. The van der Waals surface area contributed by atoms with Gasteiger partial charge in [0.25, 0.3) is 5.91 Å². The lowest BCUT2D eigenvalue weighted by molar-refractivity contribution is -0.306. The number of rotatable bonds is 7. The summed E-state index contributed by atoms with van der Waals surface area (Å²) in [6, 6.07) is -1.15. The molecule has 13 nitrogen and oxygen atoms in total. The van der Waals surface area contributed by atoms with E-state index in [2.05, 4.69) is 15.5 Å². The Bertz CT molecular complexity index is 856. The lowest BCUT2D eigenvalue weighted by Gasteiger charge is -2.15. The molecular weight excluding hydrogens is 410 g/mol. The number of hydrogen-bond donors (Lipinski definition) is 2. The molecule has 1 aromatic rings. The fourth-order valence-corrected chi connectivity index (χ4v) is 2.92. The summed E-state index contributed by atoms with van der Waals surface area (Å²) < 4.78 is 4.76. The van der Waals surface area contributed by atoms with Gasteiger partial charge in [0.15, 0.2) is 10.8 Å². The first-order valence-electron chi connectivity index (χ1n) is 8.49. The first-order chi connectivity index (χ1) is 13.9. The Hall–Kier alpha value is -3.26. The number of cyclic esters (lactones) is 1. The highest BCUT2D eigenvalue weighted by atomic mass is 32.1. The molecular formula is C15H17N5O8S. The van der Waals surface area contributed by atoms with Crippen molar-refractivity contribution >= 4 is 45.9 Å². The Labute approximate surface area is 167 Å². The summed E-state index contributed by atoms with van der Waals surface area (Å²) in [7, 11) is 0. The molecule has 2 fully saturated rings. The molecule has 14 heteroatoms. The average molecular weight is 427 g/mol. The third-order valence-electron chi connectivity index (χ3n) is 3.73. The van der Waals surface area contributed by atoms with Crippen LogP contribution in [0.2, 0.25) is 0 Å². The Morgan fingerprint density at radius 1 is 1.48 bits per heavy atom. The molecule has 1 aromatic heterocycles. The largest absolute Gasteiger partial charge is 0.450 e.